The van der Waals surface area contributed by atoms with Crippen LogP contribution in [0, 0.1) is 0 Å². The lowest BCUT2D eigenvalue weighted by molar-refractivity contribution is 0.412. The summed E-state index contributed by atoms with van der Waals surface area (Å²) in [7, 11) is 1.69. The summed E-state index contributed by atoms with van der Waals surface area (Å²) in [5.74, 6) is 0.881. The highest BCUT2D eigenvalue weighted by Crippen LogP contribution is 2.29. The SMILES string of the molecule is C=C(C)CNC(=S)NCc1ccc(OC)cc1C(C)(C)C. The number of ether oxygens (including phenoxy) is 1. The van der Waals surface area contributed by atoms with E-state index in [1.54, 1.807) is 7.11 Å². The van der Waals surface area contributed by atoms with Crippen LogP contribution in [0.5, 0.6) is 5.75 Å². The maximum Gasteiger partial charge on any atom is 0.166 e. The van der Waals surface area contributed by atoms with Crippen LogP contribution in [-0.2, 0) is 12.0 Å². The first kappa shape index (κ1) is 17.5. The van der Waals surface area contributed by atoms with E-state index in [0.29, 0.717) is 18.2 Å². The summed E-state index contributed by atoms with van der Waals surface area (Å²) in [5.41, 5.74) is 3.59. The molecule has 1 rings (SSSR count). The second-order valence-electron chi connectivity index (χ2n) is 6.27. The molecular formula is C17H26N2OS. The Hall–Kier alpha value is -1.55. The molecule has 0 radical (unpaired) electrons. The van der Waals surface area contributed by atoms with Crippen molar-refractivity contribution in [3.05, 3.63) is 41.5 Å². The third-order valence-electron chi connectivity index (χ3n) is 3.12. The number of hydrogen-bond donors (Lipinski definition) is 2. The molecule has 0 aliphatic heterocycles. The van der Waals surface area contributed by atoms with E-state index >= 15 is 0 Å². The average molecular weight is 306 g/mol. The van der Waals surface area contributed by atoms with Crippen LogP contribution in [-0.4, -0.2) is 18.8 Å². The Balaban J connectivity index is 2.79. The van der Waals surface area contributed by atoms with Crippen molar-refractivity contribution in [3.8, 4) is 5.75 Å². The first-order valence-corrected chi connectivity index (χ1v) is 7.48. The fourth-order valence-electron chi connectivity index (χ4n) is 2.00. The van der Waals surface area contributed by atoms with E-state index in [1.165, 1.54) is 11.1 Å². The van der Waals surface area contributed by atoms with Gasteiger partial charge in [-0.3, -0.25) is 0 Å². The summed E-state index contributed by atoms with van der Waals surface area (Å²) in [6, 6.07) is 6.17. The molecular weight excluding hydrogens is 280 g/mol. The van der Waals surface area contributed by atoms with Crippen molar-refractivity contribution in [3.63, 3.8) is 0 Å². The van der Waals surface area contributed by atoms with Gasteiger partial charge < -0.3 is 15.4 Å². The Kier molecular flexibility index (Phi) is 6.21. The van der Waals surface area contributed by atoms with Gasteiger partial charge in [-0.1, -0.05) is 39.0 Å². The van der Waals surface area contributed by atoms with Crippen LogP contribution < -0.4 is 15.4 Å². The van der Waals surface area contributed by atoms with Crippen LogP contribution >= 0.6 is 12.2 Å². The molecule has 0 spiro atoms. The van der Waals surface area contributed by atoms with Crippen molar-refractivity contribution in [2.24, 2.45) is 0 Å². The predicted molar refractivity (Wildman–Crippen MR) is 93.9 cm³/mol. The molecule has 3 nitrogen and oxygen atoms in total. The summed E-state index contributed by atoms with van der Waals surface area (Å²) in [5, 5.41) is 7.02. The molecule has 21 heavy (non-hydrogen) atoms. The highest BCUT2D eigenvalue weighted by atomic mass is 32.1. The number of thiocarbonyl (C=S) groups is 1. The largest absolute Gasteiger partial charge is 0.497 e. The van der Waals surface area contributed by atoms with Crippen LogP contribution in [0.4, 0.5) is 0 Å². The molecule has 0 aromatic heterocycles. The Morgan fingerprint density at radius 1 is 1.29 bits per heavy atom. The van der Waals surface area contributed by atoms with E-state index in [0.717, 1.165) is 11.3 Å². The van der Waals surface area contributed by atoms with Crippen LogP contribution in [0.25, 0.3) is 0 Å². The number of hydrogen-bond acceptors (Lipinski definition) is 2. The van der Waals surface area contributed by atoms with Gasteiger partial charge in [0.1, 0.15) is 5.75 Å². The zero-order valence-electron chi connectivity index (χ0n) is 13.7. The first-order chi connectivity index (χ1) is 9.74. The molecule has 0 atom stereocenters. The third-order valence-corrected chi connectivity index (χ3v) is 3.40. The van der Waals surface area contributed by atoms with Crippen molar-refractivity contribution in [2.75, 3.05) is 13.7 Å². The summed E-state index contributed by atoms with van der Waals surface area (Å²) in [6.07, 6.45) is 0. The molecule has 0 fully saturated rings. The normalized spacial score (nSPS) is 10.9. The van der Waals surface area contributed by atoms with Crippen molar-refractivity contribution in [2.45, 2.75) is 39.7 Å². The minimum atomic E-state index is 0.0539. The quantitative estimate of drug-likeness (QED) is 0.644. The van der Waals surface area contributed by atoms with Crippen LogP contribution in [0.3, 0.4) is 0 Å². The topological polar surface area (TPSA) is 33.3 Å². The molecule has 0 aliphatic rings. The Morgan fingerprint density at radius 2 is 1.95 bits per heavy atom. The van der Waals surface area contributed by atoms with Gasteiger partial charge in [-0.2, -0.15) is 0 Å². The second-order valence-corrected chi connectivity index (χ2v) is 6.67. The lowest BCUT2D eigenvalue weighted by Gasteiger charge is -2.24. The predicted octanol–water partition coefficient (Wildman–Crippen LogP) is 3.53. The summed E-state index contributed by atoms with van der Waals surface area (Å²) in [4.78, 5) is 0. The maximum atomic E-state index is 5.33. The molecule has 116 valence electrons. The Morgan fingerprint density at radius 3 is 2.48 bits per heavy atom. The zero-order chi connectivity index (χ0) is 16.0. The number of nitrogens with one attached hydrogen (secondary N) is 2. The lowest BCUT2D eigenvalue weighted by atomic mass is 9.83. The molecule has 1 aromatic rings. The molecule has 0 saturated heterocycles. The fraction of sp³-hybridized carbons (Fsp3) is 0.471. The monoisotopic (exact) mass is 306 g/mol. The summed E-state index contributed by atoms with van der Waals surface area (Å²) in [6.45, 7) is 13.8. The van der Waals surface area contributed by atoms with Crippen molar-refractivity contribution in [1.29, 1.82) is 0 Å². The molecule has 0 saturated carbocycles. The Labute approximate surface area is 133 Å². The van der Waals surface area contributed by atoms with Crippen molar-refractivity contribution in [1.82, 2.24) is 10.6 Å². The molecule has 0 aliphatic carbocycles. The van der Waals surface area contributed by atoms with Gasteiger partial charge in [0.2, 0.25) is 0 Å². The van der Waals surface area contributed by atoms with Gasteiger partial charge in [-0.05, 0) is 47.8 Å². The molecule has 0 bridgehead atoms. The first-order valence-electron chi connectivity index (χ1n) is 7.07. The highest BCUT2D eigenvalue weighted by molar-refractivity contribution is 7.80. The van der Waals surface area contributed by atoms with Crippen LogP contribution in [0.1, 0.15) is 38.8 Å². The number of methoxy groups -OCH3 is 1. The molecule has 1 aromatic carbocycles. The Bertz CT molecular complexity index is 518. The fourth-order valence-corrected chi connectivity index (χ4v) is 2.15. The van der Waals surface area contributed by atoms with Gasteiger partial charge in [-0.15, -0.1) is 0 Å². The van der Waals surface area contributed by atoms with Crippen LogP contribution in [0.2, 0.25) is 0 Å². The standard InChI is InChI=1S/C17H26N2OS/c1-12(2)10-18-16(21)19-11-13-7-8-14(20-6)9-15(13)17(3,4)5/h7-9H,1,10-11H2,2-6H3,(H2,18,19,21). The molecule has 4 heteroatoms. The molecule has 2 N–H and O–H groups in total. The maximum absolute atomic E-state index is 5.33. The van der Waals surface area contributed by atoms with Crippen molar-refractivity contribution < 1.29 is 4.74 Å². The van der Waals surface area contributed by atoms with Gasteiger partial charge in [-0.25, -0.2) is 0 Å². The van der Waals surface area contributed by atoms with Gasteiger partial charge >= 0.3 is 0 Å². The molecule has 0 unspecified atom stereocenters. The summed E-state index contributed by atoms with van der Waals surface area (Å²) < 4.78 is 5.33. The van der Waals surface area contributed by atoms with Gasteiger partial charge in [0.25, 0.3) is 0 Å². The highest BCUT2D eigenvalue weighted by Gasteiger charge is 2.18. The molecule has 0 heterocycles. The van der Waals surface area contributed by atoms with Crippen molar-refractivity contribution >= 4 is 17.3 Å². The number of benzene rings is 1. The van der Waals surface area contributed by atoms with E-state index < -0.39 is 0 Å². The lowest BCUT2D eigenvalue weighted by Crippen LogP contribution is -2.36. The van der Waals surface area contributed by atoms with Gasteiger partial charge in [0, 0.05) is 13.1 Å². The second kappa shape index (κ2) is 7.46. The van der Waals surface area contributed by atoms with E-state index in [-0.39, 0.29) is 5.41 Å². The van der Waals surface area contributed by atoms with E-state index in [4.69, 9.17) is 17.0 Å². The number of rotatable bonds is 5. The zero-order valence-corrected chi connectivity index (χ0v) is 14.5. The summed E-state index contributed by atoms with van der Waals surface area (Å²) >= 11 is 5.27. The molecule has 0 amide bonds. The smallest absolute Gasteiger partial charge is 0.166 e. The van der Waals surface area contributed by atoms with E-state index in [2.05, 4.69) is 50.1 Å². The minimum absolute atomic E-state index is 0.0539. The van der Waals surface area contributed by atoms with Gasteiger partial charge in [0.15, 0.2) is 5.11 Å². The minimum Gasteiger partial charge on any atom is -0.497 e. The average Bonchev–Trinajstić information content (AvgIpc) is 2.41. The van der Waals surface area contributed by atoms with E-state index in [9.17, 15) is 0 Å². The third kappa shape index (κ3) is 5.76. The van der Waals surface area contributed by atoms with E-state index in [1.807, 2.05) is 13.0 Å². The van der Waals surface area contributed by atoms with Crippen LogP contribution in [0.15, 0.2) is 30.4 Å². The van der Waals surface area contributed by atoms with Gasteiger partial charge in [0.05, 0.1) is 7.11 Å².